The van der Waals surface area contributed by atoms with E-state index in [-0.39, 0.29) is 12.3 Å². The molecule has 4 aromatic rings. The third kappa shape index (κ3) is 5.24. The quantitative estimate of drug-likeness (QED) is 0.310. The Kier molecular flexibility index (Phi) is 6.63. The third-order valence-electron chi connectivity index (χ3n) is 5.51. The lowest BCUT2D eigenvalue weighted by atomic mass is 10.1. The number of ether oxygens (including phenoxy) is 1. The zero-order chi connectivity index (χ0) is 24.3. The Morgan fingerprint density at radius 2 is 1.91 bits per heavy atom. The second-order valence-electron chi connectivity index (χ2n) is 7.83. The fourth-order valence-corrected chi connectivity index (χ4v) is 3.74. The zero-order valence-electron chi connectivity index (χ0n) is 18.4. The highest BCUT2D eigenvalue weighted by Crippen LogP contribution is 2.31. The van der Waals surface area contributed by atoms with Crippen molar-refractivity contribution in [1.29, 1.82) is 0 Å². The van der Waals surface area contributed by atoms with Gasteiger partial charge in [0.05, 0.1) is 17.9 Å². The summed E-state index contributed by atoms with van der Waals surface area (Å²) in [7, 11) is 0. The molecule has 6 nitrogen and oxygen atoms in total. The molecule has 0 amide bonds. The standard InChI is InChI=1S/C25H23F3N2O4/c1-2-22-21(30-24(34-22)15-3-6-17(7-4-15)25(26,27)28)11-12-33-18-8-9-20-19(13-18)16(14-29-20)5-10-23(31)32/h3-4,6-9,13-14,29H,2,5,10-12H2,1H3,(H,31,32). The lowest BCUT2D eigenvalue weighted by Gasteiger charge is -2.06. The molecule has 0 radical (unpaired) electrons. The van der Waals surface area contributed by atoms with Crippen LogP contribution in [0.1, 0.15) is 35.9 Å². The van der Waals surface area contributed by atoms with Crippen LogP contribution in [0.5, 0.6) is 5.75 Å². The first-order chi connectivity index (χ1) is 16.2. The molecular formula is C25H23F3N2O4. The summed E-state index contributed by atoms with van der Waals surface area (Å²) in [6, 6.07) is 10.3. The number of nitrogens with one attached hydrogen (secondary N) is 1. The number of hydrogen-bond donors (Lipinski definition) is 2. The van der Waals surface area contributed by atoms with Gasteiger partial charge < -0.3 is 19.2 Å². The van der Waals surface area contributed by atoms with Crippen molar-refractivity contribution in [3.05, 3.63) is 71.2 Å². The number of aliphatic carboxylic acids is 1. The topological polar surface area (TPSA) is 88.4 Å². The first kappa shape index (κ1) is 23.4. The molecule has 0 unspecified atom stereocenters. The smallest absolute Gasteiger partial charge is 0.416 e. The Labute approximate surface area is 193 Å². The summed E-state index contributed by atoms with van der Waals surface area (Å²) < 4.78 is 50.1. The first-order valence-corrected chi connectivity index (χ1v) is 10.9. The van der Waals surface area contributed by atoms with Crippen molar-refractivity contribution in [3.63, 3.8) is 0 Å². The van der Waals surface area contributed by atoms with E-state index >= 15 is 0 Å². The summed E-state index contributed by atoms with van der Waals surface area (Å²) in [6.45, 7) is 2.24. The van der Waals surface area contributed by atoms with Crippen molar-refractivity contribution >= 4 is 16.9 Å². The molecular weight excluding hydrogens is 449 g/mol. The maximum absolute atomic E-state index is 12.8. The number of aromatic amines is 1. The number of benzene rings is 2. The molecule has 9 heteroatoms. The monoisotopic (exact) mass is 472 g/mol. The van der Waals surface area contributed by atoms with E-state index < -0.39 is 17.7 Å². The number of carboxylic acids is 1. The summed E-state index contributed by atoms with van der Waals surface area (Å²) in [5.74, 6) is 0.734. The second kappa shape index (κ2) is 9.62. The number of carbonyl (C=O) groups is 1. The SMILES string of the molecule is CCc1oc(-c2ccc(C(F)(F)F)cc2)nc1CCOc1ccc2[nH]cc(CCC(=O)O)c2c1. The van der Waals surface area contributed by atoms with E-state index in [0.29, 0.717) is 48.6 Å². The fourth-order valence-electron chi connectivity index (χ4n) is 3.74. The van der Waals surface area contributed by atoms with Crippen LogP contribution in [0.4, 0.5) is 13.2 Å². The lowest BCUT2D eigenvalue weighted by Crippen LogP contribution is -2.04. The van der Waals surface area contributed by atoms with Crippen molar-refractivity contribution < 1.29 is 32.2 Å². The van der Waals surface area contributed by atoms with Gasteiger partial charge >= 0.3 is 12.1 Å². The third-order valence-corrected chi connectivity index (χ3v) is 5.51. The van der Waals surface area contributed by atoms with Crippen molar-refractivity contribution in [1.82, 2.24) is 9.97 Å². The number of hydrogen-bond acceptors (Lipinski definition) is 4. The number of H-pyrrole nitrogens is 1. The predicted molar refractivity (Wildman–Crippen MR) is 120 cm³/mol. The molecule has 2 aromatic heterocycles. The van der Waals surface area contributed by atoms with Crippen molar-refractivity contribution in [2.45, 2.75) is 38.8 Å². The molecule has 0 aliphatic heterocycles. The van der Waals surface area contributed by atoms with Gasteiger partial charge in [0.1, 0.15) is 11.5 Å². The number of halogens is 3. The molecule has 0 aliphatic rings. The highest BCUT2D eigenvalue weighted by Gasteiger charge is 2.30. The minimum Gasteiger partial charge on any atom is -0.493 e. The van der Waals surface area contributed by atoms with Gasteiger partial charge in [0.15, 0.2) is 0 Å². The number of oxazole rings is 1. The Hall–Kier alpha value is -3.75. The van der Waals surface area contributed by atoms with E-state index in [1.165, 1.54) is 12.1 Å². The summed E-state index contributed by atoms with van der Waals surface area (Å²) in [4.78, 5) is 18.5. The molecule has 0 saturated heterocycles. The number of rotatable bonds is 9. The molecule has 0 fully saturated rings. The molecule has 2 aromatic carbocycles. The highest BCUT2D eigenvalue weighted by molar-refractivity contribution is 5.85. The molecule has 178 valence electrons. The fraction of sp³-hybridized carbons (Fsp3) is 0.280. The highest BCUT2D eigenvalue weighted by atomic mass is 19.4. The zero-order valence-corrected chi connectivity index (χ0v) is 18.4. The van der Waals surface area contributed by atoms with Crippen molar-refractivity contribution in [2.24, 2.45) is 0 Å². The Morgan fingerprint density at radius 1 is 1.15 bits per heavy atom. The van der Waals surface area contributed by atoms with E-state index in [1.54, 1.807) is 0 Å². The Morgan fingerprint density at radius 3 is 2.59 bits per heavy atom. The van der Waals surface area contributed by atoms with Gasteiger partial charge in [-0.25, -0.2) is 4.98 Å². The number of fused-ring (bicyclic) bond motifs is 1. The number of alkyl halides is 3. The van der Waals surface area contributed by atoms with Gasteiger partial charge in [-0.1, -0.05) is 6.92 Å². The van der Waals surface area contributed by atoms with Gasteiger partial charge in [0, 0.05) is 41.9 Å². The number of aromatic nitrogens is 2. The largest absolute Gasteiger partial charge is 0.493 e. The van der Waals surface area contributed by atoms with E-state index in [0.717, 1.165) is 28.6 Å². The van der Waals surface area contributed by atoms with Crippen LogP contribution in [0.3, 0.4) is 0 Å². The van der Waals surface area contributed by atoms with Crippen LogP contribution in [0, 0.1) is 0 Å². The lowest BCUT2D eigenvalue weighted by molar-refractivity contribution is -0.138. The van der Waals surface area contributed by atoms with E-state index in [1.807, 2.05) is 31.3 Å². The van der Waals surface area contributed by atoms with E-state index in [9.17, 15) is 18.0 Å². The van der Waals surface area contributed by atoms with Crippen molar-refractivity contribution in [3.8, 4) is 17.2 Å². The minimum absolute atomic E-state index is 0.0469. The maximum Gasteiger partial charge on any atom is 0.416 e. The molecule has 0 atom stereocenters. The van der Waals surface area contributed by atoms with Crippen LogP contribution in [0.15, 0.2) is 53.1 Å². The maximum atomic E-state index is 12.8. The summed E-state index contributed by atoms with van der Waals surface area (Å²) in [6.07, 6.45) is -1.07. The van der Waals surface area contributed by atoms with Gasteiger partial charge in [-0.3, -0.25) is 4.79 Å². The van der Waals surface area contributed by atoms with Crippen LogP contribution < -0.4 is 4.74 Å². The normalized spacial score (nSPS) is 11.8. The summed E-state index contributed by atoms with van der Waals surface area (Å²) in [5.41, 5.74) is 2.26. The van der Waals surface area contributed by atoms with Gasteiger partial charge in [0.2, 0.25) is 5.89 Å². The van der Waals surface area contributed by atoms with Gasteiger partial charge in [0.25, 0.3) is 0 Å². The molecule has 0 bridgehead atoms. The van der Waals surface area contributed by atoms with Gasteiger partial charge in [-0.2, -0.15) is 13.2 Å². The molecule has 4 rings (SSSR count). The van der Waals surface area contributed by atoms with Crippen LogP contribution in [-0.2, 0) is 30.2 Å². The molecule has 0 aliphatic carbocycles. The molecule has 2 heterocycles. The van der Waals surface area contributed by atoms with E-state index in [4.69, 9.17) is 14.3 Å². The Bertz CT molecular complexity index is 1290. The van der Waals surface area contributed by atoms with Crippen LogP contribution in [0.25, 0.3) is 22.4 Å². The summed E-state index contributed by atoms with van der Waals surface area (Å²) >= 11 is 0. The molecule has 2 N–H and O–H groups in total. The number of nitrogens with zero attached hydrogens (tertiary/aromatic N) is 1. The minimum atomic E-state index is -4.40. The Balaban J connectivity index is 1.44. The average molecular weight is 472 g/mol. The van der Waals surface area contributed by atoms with Gasteiger partial charge in [-0.15, -0.1) is 0 Å². The molecule has 34 heavy (non-hydrogen) atoms. The van der Waals surface area contributed by atoms with Crippen LogP contribution in [0.2, 0.25) is 0 Å². The molecule has 0 spiro atoms. The first-order valence-electron chi connectivity index (χ1n) is 10.9. The summed E-state index contributed by atoms with van der Waals surface area (Å²) in [5, 5.41) is 9.85. The second-order valence-corrected chi connectivity index (χ2v) is 7.83. The predicted octanol–water partition coefficient (Wildman–Crippen LogP) is 6.04. The number of aryl methyl sites for hydroxylation is 2. The number of carboxylic acid groups (broad SMARTS) is 1. The van der Waals surface area contributed by atoms with E-state index in [2.05, 4.69) is 9.97 Å². The molecule has 0 saturated carbocycles. The van der Waals surface area contributed by atoms with Gasteiger partial charge in [-0.05, 0) is 54.4 Å². The van der Waals surface area contributed by atoms with Crippen LogP contribution >= 0.6 is 0 Å². The van der Waals surface area contributed by atoms with Crippen molar-refractivity contribution in [2.75, 3.05) is 6.61 Å². The van der Waals surface area contributed by atoms with Crippen LogP contribution in [-0.4, -0.2) is 27.7 Å². The average Bonchev–Trinajstić information content (AvgIpc) is 3.41.